The predicted molar refractivity (Wildman–Crippen MR) is 91.4 cm³/mol. The van der Waals surface area contributed by atoms with E-state index in [9.17, 15) is 4.79 Å². The molecule has 2 aromatic rings. The Morgan fingerprint density at radius 3 is 2.64 bits per heavy atom. The van der Waals surface area contributed by atoms with Crippen LogP contribution in [0.15, 0.2) is 29.6 Å². The highest BCUT2D eigenvalue weighted by molar-refractivity contribution is 7.13. The van der Waals surface area contributed by atoms with Crippen molar-refractivity contribution < 1.29 is 4.79 Å². The van der Waals surface area contributed by atoms with Gasteiger partial charge in [0.05, 0.1) is 5.69 Å². The van der Waals surface area contributed by atoms with Crippen LogP contribution in [0, 0.1) is 0 Å². The second-order valence-corrected chi connectivity index (χ2v) is 6.36. The zero-order valence-corrected chi connectivity index (χ0v) is 13.2. The third-order valence-corrected chi connectivity index (χ3v) is 4.52. The lowest BCUT2D eigenvalue weighted by atomic mass is 10.2. The lowest BCUT2D eigenvalue weighted by Crippen LogP contribution is -2.17. The van der Waals surface area contributed by atoms with Crippen molar-refractivity contribution >= 4 is 33.8 Å². The zero-order chi connectivity index (χ0) is 15.4. The number of hydrogen-bond acceptors (Lipinski definition) is 5. The summed E-state index contributed by atoms with van der Waals surface area (Å²) in [6.07, 6.45) is 3.56. The lowest BCUT2D eigenvalue weighted by Gasteiger charge is -2.17. The van der Waals surface area contributed by atoms with Gasteiger partial charge in [-0.15, -0.1) is 11.3 Å². The molecule has 0 radical (unpaired) electrons. The number of aryl methyl sites for hydroxylation is 1. The van der Waals surface area contributed by atoms with Crippen LogP contribution in [-0.4, -0.2) is 24.0 Å². The molecule has 0 saturated carbocycles. The Morgan fingerprint density at radius 1 is 1.27 bits per heavy atom. The monoisotopic (exact) mass is 316 g/mol. The zero-order valence-electron chi connectivity index (χ0n) is 12.4. The molecule has 1 fully saturated rings. The van der Waals surface area contributed by atoms with Gasteiger partial charge in [-0.25, -0.2) is 4.98 Å². The number of nitrogens with two attached hydrogens (primary N) is 1. The van der Waals surface area contributed by atoms with E-state index < -0.39 is 0 Å². The number of benzene rings is 1. The van der Waals surface area contributed by atoms with Crippen LogP contribution in [0.25, 0.3) is 0 Å². The molecule has 116 valence electrons. The molecular formula is C16H20N4OS. The molecule has 1 aliphatic heterocycles. The molecule has 1 aliphatic rings. The summed E-state index contributed by atoms with van der Waals surface area (Å²) in [5, 5.41) is 5.37. The number of carbonyl (C=O) groups is 1. The molecule has 0 spiro atoms. The van der Waals surface area contributed by atoms with Crippen LogP contribution in [0.1, 0.15) is 25.0 Å². The second-order valence-electron chi connectivity index (χ2n) is 5.47. The van der Waals surface area contributed by atoms with E-state index >= 15 is 0 Å². The van der Waals surface area contributed by atoms with Crippen LogP contribution in [0.3, 0.4) is 0 Å². The summed E-state index contributed by atoms with van der Waals surface area (Å²) in [4.78, 5) is 18.5. The molecule has 1 aromatic heterocycles. The molecule has 5 nitrogen and oxygen atoms in total. The first kappa shape index (κ1) is 14.8. The number of hydrogen-bond donors (Lipinski definition) is 2. The quantitative estimate of drug-likeness (QED) is 0.890. The third kappa shape index (κ3) is 3.76. The van der Waals surface area contributed by atoms with Gasteiger partial charge in [-0.3, -0.25) is 4.79 Å². The first-order valence-electron chi connectivity index (χ1n) is 7.55. The van der Waals surface area contributed by atoms with Gasteiger partial charge in [-0.05, 0) is 43.5 Å². The molecule has 0 bridgehead atoms. The maximum Gasteiger partial charge on any atom is 0.224 e. The van der Waals surface area contributed by atoms with E-state index in [1.165, 1.54) is 29.9 Å². The van der Waals surface area contributed by atoms with Crippen LogP contribution in [0.4, 0.5) is 16.5 Å². The van der Waals surface area contributed by atoms with Crippen LogP contribution in [0.2, 0.25) is 0 Å². The van der Waals surface area contributed by atoms with Crippen LogP contribution >= 0.6 is 11.3 Å². The minimum atomic E-state index is 0.000457. The standard InChI is InChI=1S/C16H20N4OS/c17-16-19-13(11-22-16)5-8-15(21)18-12-3-6-14(7-4-12)20-9-1-2-10-20/h3-4,6-7,11H,1-2,5,8-10H2,(H2,17,19)(H,18,21). The van der Waals surface area contributed by atoms with Gasteiger partial charge in [0.15, 0.2) is 5.13 Å². The van der Waals surface area contributed by atoms with Crippen molar-refractivity contribution in [1.29, 1.82) is 0 Å². The topological polar surface area (TPSA) is 71.2 Å². The van der Waals surface area contributed by atoms with E-state index in [2.05, 4.69) is 27.3 Å². The maximum absolute atomic E-state index is 12.0. The summed E-state index contributed by atoms with van der Waals surface area (Å²) in [6.45, 7) is 2.25. The minimum Gasteiger partial charge on any atom is -0.375 e. The average Bonchev–Trinajstić information content (AvgIpc) is 3.17. The SMILES string of the molecule is Nc1nc(CCC(=O)Nc2ccc(N3CCCC3)cc2)cs1. The van der Waals surface area contributed by atoms with Crippen molar-refractivity contribution in [2.24, 2.45) is 0 Å². The van der Waals surface area contributed by atoms with Crippen LogP contribution < -0.4 is 16.0 Å². The summed E-state index contributed by atoms with van der Waals surface area (Å²) < 4.78 is 0. The Morgan fingerprint density at radius 2 is 2.00 bits per heavy atom. The van der Waals surface area contributed by atoms with E-state index in [1.807, 2.05) is 17.5 Å². The number of rotatable bonds is 5. The molecule has 0 unspecified atom stereocenters. The summed E-state index contributed by atoms with van der Waals surface area (Å²) >= 11 is 1.40. The molecule has 2 heterocycles. The molecule has 6 heteroatoms. The smallest absolute Gasteiger partial charge is 0.224 e. The number of carbonyl (C=O) groups excluding carboxylic acids is 1. The Kier molecular flexibility index (Phi) is 4.58. The van der Waals surface area contributed by atoms with Gasteiger partial charge in [-0.2, -0.15) is 0 Å². The number of nitrogens with one attached hydrogen (secondary N) is 1. The van der Waals surface area contributed by atoms with Crippen molar-refractivity contribution in [3.63, 3.8) is 0 Å². The fraction of sp³-hybridized carbons (Fsp3) is 0.375. The number of amides is 1. The molecule has 1 saturated heterocycles. The Hall–Kier alpha value is -2.08. The highest BCUT2D eigenvalue weighted by atomic mass is 32.1. The first-order chi connectivity index (χ1) is 10.7. The Labute approximate surface area is 134 Å². The number of nitrogen functional groups attached to an aromatic ring is 1. The van der Waals surface area contributed by atoms with Gasteiger partial charge < -0.3 is 16.0 Å². The fourth-order valence-corrected chi connectivity index (χ4v) is 3.23. The molecule has 3 rings (SSSR count). The van der Waals surface area contributed by atoms with Crippen molar-refractivity contribution in [2.75, 3.05) is 29.0 Å². The molecular weight excluding hydrogens is 296 g/mol. The number of anilines is 3. The predicted octanol–water partition coefficient (Wildman–Crippen LogP) is 2.90. The molecule has 1 aromatic carbocycles. The van der Waals surface area contributed by atoms with Gasteiger partial charge in [0.2, 0.25) is 5.91 Å². The molecule has 1 amide bonds. The third-order valence-electron chi connectivity index (χ3n) is 3.80. The molecule has 0 aliphatic carbocycles. The Bertz CT molecular complexity index is 632. The van der Waals surface area contributed by atoms with Gasteiger partial charge >= 0.3 is 0 Å². The average molecular weight is 316 g/mol. The van der Waals surface area contributed by atoms with Crippen LogP contribution in [0.5, 0.6) is 0 Å². The second kappa shape index (κ2) is 6.79. The normalized spacial score (nSPS) is 14.3. The highest BCUT2D eigenvalue weighted by Crippen LogP contribution is 2.22. The molecule has 22 heavy (non-hydrogen) atoms. The maximum atomic E-state index is 12.0. The fourth-order valence-electron chi connectivity index (χ4n) is 2.63. The van der Waals surface area contributed by atoms with Crippen LogP contribution in [-0.2, 0) is 11.2 Å². The lowest BCUT2D eigenvalue weighted by molar-refractivity contribution is -0.116. The summed E-state index contributed by atoms with van der Waals surface area (Å²) in [7, 11) is 0. The van der Waals surface area contributed by atoms with Gasteiger partial charge in [0.1, 0.15) is 0 Å². The van der Waals surface area contributed by atoms with Crippen molar-refractivity contribution in [3.8, 4) is 0 Å². The van der Waals surface area contributed by atoms with E-state index in [-0.39, 0.29) is 5.91 Å². The van der Waals surface area contributed by atoms with Crippen molar-refractivity contribution in [2.45, 2.75) is 25.7 Å². The number of nitrogens with zero attached hydrogens (tertiary/aromatic N) is 2. The number of aromatic nitrogens is 1. The van der Waals surface area contributed by atoms with Gasteiger partial charge in [0, 0.05) is 36.3 Å². The first-order valence-corrected chi connectivity index (χ1v) is 8.43. The summed E-state index contributed by atoms with van der Waals surface area (Å²) in [5.74, 6) is 0.000457. The molecule has 3 N–H and O–H groups in total. The summed E-state index contributed by atoms with van der Waals surface area (Å²) in [5.41, 5.74) is 8.52. The largest absolute Gasteiger partial charge is 0.375 e. The van der Waals surface area contributed by atoms with E-state index in [1.54, 1.807) is 0 Å². The van der Waals surface area contributed by atoms with Crippen molar-refractivity contribution in [3.05, 3.63) is 35.3 Å². The minimum absolute atomic E-state index is 0.000457. The van der Waals surface area contributed by atoms with Gasteiger partial charge in [-0.1, -0.05) is 0 Å². The summed E-state index contributed by atoms with van der Waals surface area (Å²) in [6, 6.07) is 8.07. The van der Waals surface area contributed by atoms with E-state index in [0.717, 1.165) is 24.5 Å². The number of thiazole rings is 1. The van der Waals surface area contributed by atoms with E-state index in [0.29, 0.717) is 18.0 Å². The Balaban J connectivity index is 1.50. The highest BCUT2D eigenvalue weighted by Gasteiger charge is 2.12. The molecule has 0 atom stereocenters. The van der Waals surface area contributed by atoms with Crippen molar-refractivity contribution in [1.82, 2.24) is 4.98 Å². The van der Waals surface area contributed by atoms with E-state index in [4.69, 9.17) is 5.73 Å². The van der Waals surface area contributed by atoms with Gasteiger partial charge in [0.25, 0.3) is 0 Å².